The standard InChI is InChI=1S/C7H6N2O4/c10-6(11)4-8-9-7(12)5-2-1-3-13-5/h1-4H,(H,9,12)(H,10,11)/b8-4-. The number of furan rings is 1. The molecule has 1 rings (SSSR count). The topological polar surface area (TPSA) is 91.9 Å². The summed E-state index contributed by atoms with van der Waals surface area (Å²) >= 11 is 0. The summed E-state index contributed by atoms with van der Waals surface area (Å²) in [4.78, 5) is 20.9. The van der Waals surface area contributed by atoms with Crippen molar-refractivity contribution in [3.63, 3.8) is 0 Å². The summed E-state index contributed by atoms with van der Waals surface area (Å²) in [5.74, 6) is -1.76. The summed E-state index contributed by atoms with van der Waals surface area (Å²) in [5, 5.41) is 11.3. The minimum Gasteiger partial charge on any atom is -0.477 e. The van der Waals surface area contributed by atoms with Gasteiger partial charge >= 0.3 is 11.9 Å². The molecule has 0 spiro atoms. The van der Waals surface area contributed by atoms with E-state index < -0.39 is 11.9 Å². The number of rotatable bonds is 3. The number of nitrogens with zero attached hydrogens (tertiary/aromatic N) is 1. The average Bonchev–Trinajstić information content (AvgIpc) is 2.55. The van der Waals surface area contributed by atoms with E-state index in [-0.39, 0.29) is 5.76 Å². The SMILES string of the molecule is O=C(O)/C=N\NC(=O)c1ccco1. The Morgan fingerprint density at radius 1 is 1.62 bits per heavy atom. The molecule has 0 bridgehead atoms. The van der Waals surface area contributed by atoms with E-state index in [9.17, 15) is 9.59 Å². The van der Waals surface area contributed by atoms with Gasteiger partial charge in [0.25, 0.3) is 0 Å². The molecule has 0 unspecified atom stereocenters. The van der Waals surface area contributed by atoms with Crippen molar-refractivity contribution in [1.29, 1.82) is 0 Å². The molecule has 1 aromatic rings. The second-order valence-electron chi connectivity index (χ2n) is 2.01. The lowest BCUT2D eigenvalue weighted by molar-refractivity contribution is -0.128. The molecule has 0 saturated carbocycles. The van der Waals surface area contributed by atoms with Gasteiger partial charge in [-0.2, -0.15) is 5.10 Å². The molecule has 6 nitrogen and oxygen atoms in total. The zero-order valence-electron chi connectivity index (χ0n) is 6.43. The Kier molecular flexibility index (Phi) is 2.80. The highest BCUT2D eigenvalue weighted by atomic mass is 16.4. The van der Waals surface area contributed by atoms with Gasteiger partial charge in [-0.25, -0.2) is 10.2 Å². The summed E-state index contributed by atoms with van der Waals surface area (Å²) in [6.45, 7) is 0. The van der Waals surface area contributed by atoms with Crippen molar-refractivity contribution in [3.8, 4) is 0 Å². The van der Waals surface area contributed by atoms with Gasteiger partial charge in [0.05, 0.1) is 6.26 Å². The van der Waals surface area contributed by atoms with Crippen LogP contribution in [-0.4, -0.2) is 23.2 Å². The number of aliphatic carboxylic acids is 1. The number of amides is 1. The van der Waals surface area contributed by atoms with Gasteiger partial charge in [0.15, 0.2) is 5.76 Å². The number of carbonyl (C=O) groups is 2. The van der Waals surface area contributed by atoms with Crippen LogP contribution in [-0.2, 0) is 4.79 Å². The molecular formula is C7H6N2O4. The third kappa shape index (κ3) is 2.78. The lowest BCUT2D eigenvalue weighted by atomic mass is 10.4. The van der Waals surface area contributed by atoms with Crippen LogP contribution in [0.2, 0.25) is 0 Å². The lowest BCUT2D eigenvalue weighted by Crippen LogP contribution is -2.17. The van der Waals surface area contributed by atoms with E-state index in [4.69, 9.17) is 9.52 Å². The van der Waals surface area contributed by atoms with Crippen LogP contribution in [0.3, 0.4) is 0 Å². The summed E-state index contributed by atoms with van der Waals surface area (Å²) < 4.78 is 4.72. The molecule has 0 aliphatic heterocycles. The Hall–Kier alpha value is -2.11. The first-order chi connectivity index (χ1) is 6.20. The van der Waals surface area contributed by atoms with Crippen LogP contribution in [0.4, 0.5) is 0 Å². The fraction of sp³-hybridized carbons (Fsp3) is 0. The van der Waals surface area contributed by atoms with Gasteiger partial charge < -0.3 is 9.52 Å². The summed E-state index contributed by atoms with van der Waals surface area (Å²) in [6.07, 6.45) is 1.90. The lowest BCUT2D eigenvalue weighted by Gasteiger charge is -1.92. The third-order valence-electron chi connectivity index (χ3n) is 1.09. The van der Waals surface area contributed by atoms with E-state index in [1.165, 1.54) is 18.4 Å². The minimum absolute atomic E-state index is 0.0718. The van der Waals surface area contributed by atoms with Gasteiger partial charge in [0.1, 0.15) is 6.21 Å². The van der Waals surface area contributed by atoms with Crippen LogP contribution in [0, 0.1) is 0 Å². The predicted octanol–water partition coefficient (Wildman–Crippen LogP) is 0.0798. The zero-order chi connectivity index (χ0) is 9.68. The van der Waals surface area contributed by atoms with Gasteiger partial charge in [-0.05, 0) is 12.1 Å². The molecule has 0 aliphatic carbocycles. The molecule has 0 fully saturated rings. The van der Waals surface area contributed by atoms with Crippen molar-refractivity contribution in [2.45, 2.75) is 0 Å². The number of hydrogen-bond donors (Lipinski definition) is 2. The highest BCUT2D eigenvalue weighted by molar-refractivity contribution is 6.22. The molecule has 0 radical (unpaired) electrons. The Balaban J connectivity index is 2.48. The molecular weight excluding hydrogens is 176 g/mol. The van der Waals surface area contributed by atoms with E-state index >= 15 is 0 Å². The second kappa shape index (κ2) is 4.05. The van der Waals surface area contributed by atoms with Crippen LogP contribution in [0.1, 0.15) is 10.6 Å². The monoisotopic (exact) mass is 182 g/mol. The van der Waals surface area contributed by atoms with Gasteiger partial charge in [-0.1, -0.05) is 0 Å². The fourth-order valence-corrected chi connectivity index (χ4v) is 0.609. The Labute approximate surface area is 72.9 Å². The predicted molar refractivity (Wildman–Crippen MR) is 42.3 cm³/mol. The van der Waals surface area contributed by atoms with E-state index in [0.717, 1.165) is 0 Å². The number of carboxylic acids is 1. The Morgan fingerprint density at radius 3 is 2.92 bits per heavy atom. The maximum Gasteiger partial charge on any atom is 0.348 e. The first kappa shape index (κ1) is 8.98. The first-order valence-electron chi connectivity index (χ1n) is 3.30. The van der Waals surface area contributed by atoms with E-state index in [2.05, 4.69) is 5.10 Å². The van der Waals surface area contributed by atoms with Crippen molar-refractivity contribution in [1.82, 2.24) is 5.43 Å². The van der Waals surface area contributed by atoms with Crippen LogP contribution in [0.15, 0.2) is 27.9 Å². The van der Waals surface area contributed by atoms with Crippen molar-refractivity contribution < 1.29 is 19.1 Å². The Bertz CT molecular complexity index is 328. The minimum atomic E-state index is -1.24. The average molecular weight is 182 g/mol. The van der Waals surface area contributed by atoms with Crippen LogP contribution in [0.5, 0.6) is 0 Å². The van der Waals surface area contributed by atoms with Gasteiger partial charge in [0.2, 0.25) is 0 Å². The molecule has 0 saturated heterocycles. The highest BCUT2D eigenvalue weighted by Gasteiger charge is 2.05. The first-order valence-corrected chi connectivity index (χ1v) is 3.30. The van der Waals surface area contributed by atoms with Crippen LogP contribution >= 0.6 is 0 Å². The quantitative estimate of drug-likeness (QED) is 0.511. The number of carbonyl (C=O) groups excluding carboxylic acids is 1. The number of nitrogens with one attached hydrogen (secondary N) is 1. The number of hydrazone groups is 1. The van der Waals surface area contributed by atoms with Gasteiger partial charge in [0, 0.05) is 0 Å². The second-order valence-corrected chi connectivity index (χ2v) is 2.01. The maximum absolute atomic E-state index is 11.0. The summed E-state index contributed by atoms with van der Waals surface area (Å²) in [6, 6.07) is 2.97. The van der Waals surface area contributed by atoms with Crippen molar-refractivity contribution in [2.24, 2.45) is 5.10 Å². The molecule has 0 atom stereocenters. The largest absolute Gasteiger partial charge is 0.477 e. The smallest absolute Gasteiger partial charge is 0.348 e. The normalized spacial score (nSPS) is 10.2. The molecule has 1 aromatic heterocycles. The maximum atomic E-state index is 11.0. The van der Waals surface area contributed by atoms with Gasteiger partial charge in [-0.3, -0.25) is 4.79 Å². The molecule has 13 heavy (non-hydrogen) atoms. The van der Waals surface area contributed by atoms with Crippen molar-refractivity contribution in [2.75, 3.05) is 0 Å². The molecule has 1 amide bonds. The van der Waals surface area contributed by atoms with Crippen LogP contribution in [0.25, 0.3) is 0 Å². The van der Waals surface area contributed by atoms with Crippen LogP contribution < -0.4 is 5.43 Å². The third-order valence-corrected chi connectivity index (χ3v) is 1.09. The molecule has 68 valence electrons. The number of carboxylic acid groups (broad SMARTS) is 1. The van der Waals surface area contributed by atoms with E-state index in [1.54, 1.807) is 0 Å². The highest BCUT2D eigenvalue weighted by Crippen LogP contribution is 1.98. The summed E-state index contributed by atoms with van der Waals surface area (Å²) in [5.41, 5.74) is 1.97. The molecule has 0 aromatic carbocycles. The van der Waals surface area contributed by atoms with E-state index in [0.29, 0.717) is 6.21 Å². The summed E-state index contributed by atoms with van der Waals surface area (Å²) in [7, 11) is 0. The Morgan fingerprint density at radius 2 is 2.38 bits per heavy atom. The zero-order valence-corrected chi connectivity index (χ0v) is 6.43. The molecule has 0 aliphatic rings. The number of hydrogen-bond acceptors (Lipinski definition) is 4. The van der Waals surface area contributed by atoms with E-state index in [1.807, 2.05) is 5.43 Å². The van der Waals surface area contributed by atoms with Crippen molar-refractivity contribution >= 4 is 18.1 Å². The fourth-order valence-electron chi connectivity index (χ4n) is 0.609. The van der Waals surface area contributed by atoms with Crippen molar-refractivity contribution in [3.05, 3.63) is 24.2 Å². The molecule has 6 heteroatoms. The molecule has 1 heterocycles. The van der Waals surface area contributed by atoms with Gasteiger partial charge in [-0.15, -0.1) is 0 Å². The molecule has 2 N–H and O–H groups in total.